The van der Waals surface area contributed by atoms with E-state index in [2.05, 4.69) is 26.1 Å². The van der Waals surface area contributed by atoms with Gasteiger partial charge in [-0.1, -0.05) is 27.7 Å². The minimum atomic E-state index is -0.695. The molecule has 0 spiro atoms. The van der Waals surface area contributed by atoms with Crippen LogP contribution in [0.2, 0.25) is 0 Å². The topological polar surface area (TPSA) is 49.3 Å². The van der Waals surface area contributed by atoms with Crippen LogP contribution in [0.15, 0.2) is 0 Å². The highest BCUT2D eigenvalue weighted by atomic mass is 32.2. The van der Waals surface area contributed by atoms with Gasteiger partial charge in [-0.2, -0.15) is 11.8 Å². The maximum absolute atomic E-state index is 11.5. The summed E-state index contributed by atoms with van der Waals surface area (Å²) in [7, 11) is 0. The molecular formula is C14H27NO2S. The molecule has 0 aliphatic heterocycles. The van der Waals surface area contributed by atoms with Crippen LogP contribution < -0.4 is 5.32 Å². The Bertz CT molecular complexity index is 284. The first-order valence-corrected chi connectivity index (χ1v) is 7.93. The first-order chi connectivity index (χ1) is 8.29. The van der Waals surface area contributed by atoms with E-state index >= 15 is 0 Å². The van der Waals surface area contributed by atoms with Gasteiger partial charge in [-0.3, -0.25) is 10.1 Å². The molecule has 0 amide bonds. The van der Waals surface area contributed by atoms with E-state index in [-0.39, 0.29) is 4.75 Å². The van der Waals surface area contributed by atoms with Crippen LogP contribution in [0.25, 0.3) is 0 Å². The number of hydrogen-bond acceptors (Lipinski definition) is 3. The molecule has 1 fully saturated rings. The quantitative estimate of drug-likeness (QED) is 0.666. The van der Waals surface area contributed by atoms with Gasteiger partial charge in [0.05, 0.1) is 0 Å². The third-order valence-electron chi connectivity index (χ3n) is 3.35. The Morgan fingerprint density at radius 2 is 2.00 bits per heavy atom. The predicted molar refractivity (Wildman–Crippen MR) is 78.3 cm³/mol. The first-order valence-electron chi connectivity index (χ1n) is 6.94. The zero-order valence-electron chi connectivity index (χ0n) is 12.1. The summed E-state index contributed by atoms with van der Waals surface area (Å²) in [4.78, 5) is 11.5. The van der Waals surface area contributed by atoms with Gasteiger partial charge in [0, 0.05) is 10.8 Å². The highest BCUT2D eigenvalue weighted by Crippen LogP contribution is 2.29. The average molecular weight is 273 g/mol. The number of carboxylic acid groups (broad SMARTS) is 1. The van der Waals surface area contributed by atoms with E-state index in [9.17, 15) is 9.90 Å². The van der Waals surface area contributed by atoms with E-state index in [0.717, 1.165) is 31.4 Å². The Morgan fingerprint density at radius 1 is 1.39 bits per heavy atom. The SMILES string of the molecule is CCC(CCCSC(C)(C)C)(NC1CC1)C(=O)O. The van der Waals surface area contributed by atoms with Crippen molar-refractivity contribution >= 4 is 17.7 Å². The number of rotatable bonds is 8. The van der Waals surface area contributed by atoms with Gasteiger partial charge >= 0.3 is 5.97 Å². The number of thioether (sulfide) groups is 1. The zero-order chi connectivity index (χ0) is 13.8. The smallest absolute Gasteiger partial charge is 0.323 e. The van der Waals surface area contributed by atoms with Crippen molar-refractivity contribution in [2.45, 2.75) is 76.1 Å². The molecule has 1 atom stereocenters. The van der Waals surface area contributed by atoms with Gasteiger partial charge in [-0.25, -0.2) is 0 Å². The summed E-state index contributed by atoms with van der Waals surface area (Å²) in [6.45, 7) is 8.57. The summed E-state index contributed by atoms with van der Waals surface area (Å²) in [5, 5.41) is 12.8. The van der Waals surface area contributed by atoms with Crippen molar-refractivity contribution in [2.24, 2.45) is 0 Å². The van der Waals surface area contributed by atoms with E-state index in [1.807, 2.05) is 18.7 Å². The van der Waals surface area contributed by atoms with Crippen molar-refractivity contribution in [2.75, 3.05) is 5.75 Å². The normalized spacial score (nSPS) is 19.6. The van der Waals surface area contributed by atoms with Crippen molar-refractivity contribution in [1.82, 2.24) is 5.32 Å². The molecule has 1 aliphatic carbocycles. The van der Waals surface area contributed by atoms with E-state index in [0.29, 0.717) is 12.5 Å². The molecule has 0 radical (unpaired) electrons. The molecule has 0 bridgehead atoms. The van der Waals surface area contributed by atoms with E-state index in [1.165, 1.54) is 0 Å². The third kappa shape index (κ3) is 5.19. The molecular weight excluding hydrogens is 246 g/mol. The lowest BCUT2D eigenvalue weighted by Crippen LogP contribution is -2.52. The number of carboxylic acids is 1. The van der Waals surface area contributed by atoms with Crippen LogP contribution >= 0.6 is 11.8 Å². The van der Waals surface area contributed by atoms with Crippen molar-refractivity contribution in [3.63, 3.8) is 0 Å². The van der Waals surface area contributed by atoms with Crippen molar-refractivity contribution in [1.29, 1.82) is 0 Å². The number of nitrogens with one attached hydrogen (secondary N) is 1. The fourth-order valence-electron chi connectivity index (χ4n) is 2.04. The summed E-state index contributed by atoms with van der Waals surface area (Å²) >= 11 is 1.91. The maximum Gasteiger partial charge on any atom is 0.323 e. The van der Waals surface area contributed by atoms with Crippen LogP contribution in [-0.2, 0) is 4.79 Å². The molecule has 3 nitrogen and oxygen atoms in total. The summed E-state index contributed by atoms with van der Waals surface area (Å²) in [5.41, 5.74) is -0.695. The lowest BCUT2D eigenvalue weighted by Gasteiger charge is -2.30. The van der Waals surface area contributed by atoms with Gasteiger partial charge in [0.15, 0.2) is 0 Å². The van der Waals surface area contributed by atoms with Gasteiger partial charge in [0.1, 0.15) is 5.54 Å². The van der Waals surface area contributed by atoms with Gasteiger partial charge in [-0.05, 0) is 37.9 Å². The highest BCUT2D eigenvalue weighted by Gasteiger charge is 2.40. The predicted octanol–water partition coefficient (Wildman–Crippen LogP) is 3.28. The van der Waals surface area contributed by atoms with Crippen molar-refractivity contribution < 1.29 is 9.90 Å². The average Bonchev–Trinajstić information content (AvgIpc) is 3.04. The Balaban J connectivity index is 2.42. The minimum Gasteiger partial charge on any atom is -0.480 e. The minimum absolute atomic E-state index is 0.266. The molecule has 0 heterocycles. The van der Waals surface area contributed by atoms with E-state index in [4.69, 9.17) is 0 Å². The first kappa shape index (κ1) is 15.8. The zero-order valence-corrected chi connectivity index (χ0v) is 12.9. The van der Waals surface area contributed by atoms with Gasteiger partial charge < -0.3 is 5.11 Å². The summed E-state index contributed by atoms with van der Waals surface area (Å²) in [6, 6.07) is 0.441. The fourth-order valence-corrected chi connectivity index (χ4v) is 2.94. The molecule has 0 aromatic rings. The van der Waals surface area contributed by atoms with Crippen LogP contribution in [0.4, 0.5) is 0 Å². The Hall–Kier alpha value is -0.220. The molecule has 4 heteroatoms. The molecule has 1 unspecified atom stereocenters. The largest absolute Gasteiger partial charge is 0.480 e. The highest BCUT2D eigenvalue weighted by molar-refractivity contribution is 8.00. The molecule has 2 N–H and O–H groups in total. The molecule has 1 rings (SSSR count). The van der Waals surface area contributed by atoms with Gasteiger partial charge in [0.2, 0.25) is 0 Å². The van der Waals surface area contributed by atoms with Crippen LogP contribution in [0, 0.1) is 0 Å². The van der Waals surface area contributed by atoms with Gasteiger partial charge in [-0.15, -0.1) is 0 Å². The maximum atomic E-state index is 11.5. The lowest BCUT2D eigenvalue weighted by atomic mass is 9.90. The Morgan fingerprint density at radius 3 is 2.39 bits per heavy atom. The number of carbonyl (C=O) groups is 1. The van der Waals surface area contributed by atoms with Crippen LogP contribution in [0.1, 0.15) is 59.8 Å². The van der Waals surface area contributed by atoms with E-state index in [1.54, 1.807) is 0 Å². The molecule has 0 aromatic carbocycles. The van der Waals surface area contributed by atoms with Gasteiger partial charge in [0.25, 0.3) is 0 Å². The summed E-state index contributed by atoms with van der Waals surface area (Å²) in [6.07, 6.45) is 4.62. The molecule has 0 saturated heterocycles. The standard InChI is InChI=1S/C14H27NO2S/c1-5-14(12(16)17,15-11-7-8-11)9-6-10-18-13(2,3)4/h11,15H,5-10H2,1-4H3,(H,16,17). The Kier molecular flexibility index (Phi) is 5.53. The lowest BCUT2D eigenvalue weighted by molar-refractivity contribution is -0.145. The van der Waals surface area contributed by atoms with Crippen molar-refractivity contribution in [3.8, 4) is 0 Å². The second-order valence-electron chi connectivity index (χ2n) is 6.22. The number of aliphatic carboxylic acids is 1. The second kappa shape index (κ2) is 6.29. The summed E-state index contributed by atoms with van der Waals surface area (Å²) in [5.74, 6) is 0.350. The van der Waals surface area contributed by atoms with Crippen molar-refractivity contribution in [3.05, 3.63) is 0 Å². The van der Waals surface area contributed by atoms with Crippen LogP contribution in [0.3, 0.4) is 0 Å². The fraction of sp³-hybridized carbons (Fsp3) is 0.929. The third-order valence-corrected chi connectivity index (χ3v) is 4.71. The molecule has 18 heavy (non-hydrogen) atoms. The van der Waals surface area contributed by atoms with Crippen LogP contribution in [0.5, 0.6) is 0 Å². The Labute approximate surface area is 115 Å². The summed E-state index contributed by atoms with van der Waals surface area (Å²) < 4.78 is 0.266. The van der Waals surface area contributed by atoms with Crippen LogP contribution in [-0.4, -0.2) is 33.2 Å². The van der Waals surface area contributed by atoms with E-state index < -0.39 is 11.5 Å². The molecule has 106 valence electrons. The number of hydrogen-bond donors (Lipinski definition) is 2. The molecule has 1 saturated carbocycles. The second-order valence-corrected chi connectivity index (χ2v) is 8.15. The molecule has 0 aromatic heterocycles. The monoisotopic (exact) mass is 273 g/mol. The molecule has 1 aliphatic rings.